The maximum atomic E-state index is 5.50. The Balaban J connectivity index is 1.90. The highest BCUT2D eigenvalue weighted by Gasteiger charge is 2.29. The Morgan fingerprint density at radius 2 is 1.74 bits per heavy atom. The zero-order chi connectivity index (χ0) is 16.4. The summed E-state index contributed by atoms with van der Waals surface area (Å²) < 4.78 is 11.0. The second kappa shape index (κ2) is 6.52. The fourth-order valence-corrected chi connectivity index (χ4v) is 3.88. The summed E-state index contributed by atoms with van der Waals surface area (Å²) in [5.41, 5.74) is 3.77. The minimum atomic E-state index is -0.0394. The van der Waals surface area contributed by atoms with Gasteiger partial charge in [0, 0.05) is 30.5 Å². The molecular weight excluding hydrogens is 288 g/mol. The zero-order valence-electron chi connectivity index (χ0n) is 14.9. The number of quaternary nitrogens is 1. The van der Waals surface area contributed by atoms with Crippen molar-refractivity contribution < 1.29 is 14.4 Å². The van der Waals surface area contributed by atoms with Crippen molar-refractivity contribution in [3.63, 3.8) is 0 Å². The number of aliphatic imine (C=N–C) groups is 1. The standard InChI is InChI=1S/C19H28N2O2/c1-19(2)13-14-11-17(22-3)18(23-4)12-15(14)16(20-19)7-10-21-8-5-6-9-21/h11-12H,5-10,13H2,1-4H3/p+1. The van der Waals surface area contributed by atoms with Gasteiger partial charge in [0.1, 0.15) is 0 Å². The molecule has 2 aliphatic rings. The monoisotopic (exact) mass is 317 g/mol. The largest absolute Gasteiger partial charge is 0.493 e. The third-order valence-corrected chi connectivity index (χ3v) is 5.01. The van der Waals surface area contributed by atoms with Crippen molar-refractivity contribution in [2.75, 3.05) is 33.9 Å². The lowest BCUT2D eigenvalue weighted by atomic mass is 9.85. The number of nitrogens with zero attached hydrogens (tertiary/aromatic N) is 1. The molecule has 2 aliphatic heterocycles. The molecule has 2 heterocycles. The van der Waals surface area contributed by atoms with Crippen molar-refractivity contribution in [1.82, 2.24) is 0 Å². The average Bonchev–Trinajstić information content (AvgIpc) is 3.03. The molecule has 126 valence electrons. The Morgan fingerprint density at radius 1 is 1.09 bits per heavy atom. The molecule has 0 atom stereocenters. The molecule has 1 saturated heterocycles. The Hall–Kier alpha value is -1.55. The van der Waals surface area contributed by atoms with Crippen molar-refractivity contribution in [1.29, 1.82) is 0 Å². The second-order valence-corrected chi connectivity index (χ2v) is 7.37. The van der Waals surface area contributed by atoms with Crippen LogP contribution >= 0.6 is 0 Å². The number of methoxy groups -OCH3 is 2. The first-order valence-electron chi connectivity index (χ1n) is 8.70. The number of hydrogen-bond acceptors (Lipinski definition) is 3. The second-order valence-electron chi connectivity index (χ2n) is 7.37. The number of rotatable bonds is 5. The molecule has 0 unspecified atom stereocenters. The van der Waals surface area contributed by atoms with Gasteiger partial charge in [-0.1, -0.05) is 0 Å². The van der Waals surface area contributed by atoms with Gasteiger partial charge in [-0.2, -0.15) is 0 Å². The Kier molecular flexibility index (Phi) is 4.62. The van der Waals surface area contributed by atoms with E-state index in [1.807, 2.05) is 0 Å². The van der Waals surface area contributed by atoms with Gasteiger partial charge in [0.25, 0.3) is 0 Å². The predicted molar refractivity (Wildman–Crippen MR) is 93.3 cm³/mol. The first kappa shape index (κ1) is 16.3. The van der Waals surface area contributed by atoms with Crippen molar-refractivity contribution in [3.8, 4) is 11.5 Å². The third-order valence-electron chi connectivity index (χ3n) is 5.01. The molecule has 4 nitrogen and oxygen atoms in total. The summed E-state index contributed by atoms with van der Waals surface area (Å²) in [7, 11) is 3.39. The lowest BCUT2D eigenvalue weighted by Gasteiger charge is -2.30. The quantitative estimate of drug-likeness (QED) is 0.900. The maximum absolute atomic E-state index is 5.50. The van der Waals surface area contributed by atoms with E-state index in [2.05, 4.69) is 26.0 Å². The third kappa shape index (κ3) is 3.52. The fourth-order valence-electron chi connectivity index (χ4n) is 3.88. The molecule has 0 radical (unpaired) electrons. The highest BCUT2D eigenvalue weighted by molar-refractivity contribution is 6.03. The van der Waals surface area contributed by atoms with Crippen molar-refractivity contribution in [3.05, 3.63) is 23.3 Å². The number of likely N-dealkylation sites (tertiary alicyclic amines) is 1. The van der Waals surface area contributed by atoms with Crippen LogP contribution < -0.4 is 14.4 Å². The van der Waals surface area contributed by atoms with Gasteiger partial charge in [-0.25, -0.2) is 0 Å². The van der Waals surface area contributed by atoms with Crippen LogP contribution in [0.5, 0.6) is 11.5 Å². The van der Waals surface area contributed by atoms with E-state index >= 15 is 0 Å². The van der Waals surface area contributed by atoms with E-state index in [1.54, 1.807) is 19.1 Å². The van der Waals surface area contributed by atoms with Gasteiger partial charge in [-0.3, -0.25) is 4.99 Å². The van der Waals surface area contributed by atoms with Crippen LogP contribution in [-0.2, 0) is 6.42 Å². The molecule has 0 saturated carbocycles. The number of ether oxygens (including phenoxy) is 2. The molecule has 23 heavy (non-hydrogen) atoms. The lowest BCUT2D eigenvalue weighted by Crippen LogP contribution is -3.10. The van der Waals surface area contributed by atoms with E-state index in [1.165, 1.54) is 49.3 Å². The van der Waals surface area contributed by atoms with Crippen LogP contribution in [0.3, 0.4) is 0 Å². The molecule has 1 aromatic carbocycles. The van der Waals surface area contributed by atoms with Crippen LogP contribution in [0.2, 0.25) is 0 Å². The summed E-state index contributed by atoms with van der Waals surface area (Å²) >= 11 is 0. The molecule has 3 rings (SSSR count). The molecular formula is C19H29N2O2+. The molecule has 0 bridgehead atoms. The highest BCUT2D eigenvalue weighted by atomic mass is 16.5. The maximum Gasteiger partial charge on any atom is 0.161 e. The van der Waals surface area contributed by atoms with E-state index in [9.17, 15) is 0 Å². The average molecular weight is 317 g/mol. The van der Waals surface area contributed by atoms with Gasteiger partial charge in [-0.05, 0) is 38.0 Å². The SMILES string of the molecule is COc1cc2c(cc1OC)C(CC[NH+]1CCCC1)=NC(C)(C)C2. The smallest absolute Gasteiger partial charge is 0.161 e. The molecule has 0 amide bonds. The summed E-state index contributed by atoms with van der Waals surface area (Å²) in [5.74, 6) is 1.61. The topological polar surface area (TPSA) is 35.3 Å². The van der Waals surface area contributed by atoms with E-state index in [0.717, 1.165) is 24.3 Å². The molecule has 1 fully saturated rings. The van der Waals surface area contributed by atoms with E-state index < -0.39 is 0 Å². The normalized spacial score (nSPS) is 20.1. The molecule has 4 heteroatoms. The Bertz CT molecular complexity index is 602. The van der Waals surface area contributed by atoms with Gasteiger partial charge in [-0.15, -0.1) is 0 Å². The van der Waals surface area contributed by atoms with E-state index in [-0.39, 0.29) is 5.54 Å². The van der Waals surface area contributed by atoms with Crippen LogP contribution in [0.1, 0.15) is 44.2 Å². The highest BCUT2D eigenvalue weighted by Crippen LogP contribution is 2.36. The summed E-state index contributed by atoms with van der Waals surface area (Å²) in [4.78, 5) is 6.77. The van der Waals surface area contributed by atoms with Gasteiger partial charge in [0.05, 0.1) is 39.4 Å². The first-order valence-corrected chi connectivity index (χ1v) is 8.70. The lowest BCUT2D eigenvalue weighted by molar-refractivity contribution is -0.886. The molecule has 0 spiro atoms. The Labute approximate surface area is 139 Å². The summed E-state index contributed by atoms with van der Waals surface area (Å²) in [6.07, 6.45) is 4.73. The van der Waals surface area contributed by atoms with Gasteiger partial charge in [0.2, 0.25) is 0 Å². The molecule has 1 N–H and O–H groups in total. The van der Waals surface area contributed by atoms with Gasteiger partial charge in [0.15, 0.2) is 11.5 Å². The van der Waals surface area contributed by atoms with Gasteiger partial charge < -0.3 is 14.4 Å². The van der Waals surface area contributed by atoms with E-state index in [0.29, 0.717) is 0 Å². The molecule has 0 aromatic heterocycles. The van der Waals surface area contributed by atoms with Crippen molar-refractivity contribution in [2.24, 2.45) is 4.99 Å². The van der Waals surface area contributed by atoms with Crippen molar-refractivity contribution in [2.45, 2.75) is 45.1 Å². The van der Waals surface area contributed by atoms with Crippen LogP contribution in [0.25, 0.3) is 0 Å². The van der Waals surface area contributed by atoms with Crippen molar-refractivity contribution >= 4 is 5.71 Å². The summed E-state index contributed by atoms with van der Waals surface area (Å²) in [6, 6.07) is 4.24. The summed E-state index contributed by atoms with van der Waals surface area (Å²) in [5, 5.41) is 0. The number of nitrogens with one attached hydrogen (secondary N) is 1. The summed E-state index contributed by atoms with van der Waals surface area (Å²) in [6.45, 7) is 8.25. The predicted octanol–water partition coefficient (Wildman–Crippen LogP) is 1.90. The minimum Gasteiger partial charge on any atom is -0.493 e. The number of benzene rings is 1. The van der Waals surface area contributed by atoms with Crippen LogP contribution in [0.15, 0.2) is 17.1 Å². The number of fused-ring (bicyclic) bond motifs is 1. The fraction of sp³-hybridized carbons (Fsp3) is 0.632. The molecule has 1 aromatic rings. The van der Waals surface area contributed by atoms with E-state index in [4.69, 9.17) is 14.5 Å². The molecule has 0 aliphatic carbocycles. The van der Waals surface area contributed by atoms with Crippen LogP contribution in [0, 0.1) is 0 Å². The minimum absolute atomic E-state index is 0.0394. The zero-order valence-corrected chi connectivity index (χ0v) is 14.9. The number of hydrogen-bond donors (Lipinski definition) is 1. The first-order chi connectivity index (χ1) is 11.0. The van der Waals surface area contributed by atoms with Gasteiger partial charge >= 0.3 is 0 Å². The van der Waals surface area contributed by atoms with Crippen LogP contribution in [0.4, 0.5) is 0 Å². The Morgan fingerprint density at radius 3 is 2.39 bits per heavy atom. The van der Waals surface area contributed by atoms with Crippen LogP contribution in [-0.4, -0.2) is 45.1 Å².